The van der Waals surface area contributed by atoms with Gasteiger partial charge >= 0.3 is 0 Å². The van der Waals surface area contributed by atoms with Crippen LogP contribution in [0.1, 0.15) is 42.5 Å². The molecule has 0 radical (unpaired) electrons. The number of hydrogen-bond acceptors (Lipinski definition) is 2. The van der Waals surface area contributed by atoms with Crippen LogP contribution < -0.4 is 4.74 Å². The smallest absolute Gasteiger partial charge is 0.155 e. The van der Waals surface area contributed by atoms with E-state index in [0.717, 1.165) is 17.9 Å². The third-order valence-electron chi connectivity index (χ3n) is 3.69. The molecule has 0 N–H and O–H groups in total. The van der Waals surface area contributed by atoms with Crippen LogP contribution in [0.3, 0.4) is 0 Å². The van der Waals surface area contributed by atoms with Gasteiger partial charge < -0.3 is 4.74 Å². The van der Waals surface area contributed by atoms with Crippen molar-refractivity contribution >= 4 is 13.6 Å². The lowest BCUT2D eigenvalue weighted by atomic mass is 9.90. The van der Waals surface area contributed by atoms with Gasteiger partial charge in [0.25, 0.3) is 0 Å². The molecule has 1 aromatic carbocycles. The monoisotopic (exact) mass is 244 g/mol. The highest BCUT2D eigenvalue weighted by atomic mass is 16.5. The van der Waals surface area contributed by atoms with E-state index in [0.29, 0.717) is 12.2 Å². The van der Waals surface area contributed by atoms with E-state index in [4.69, 9.17) is 4.74 Å². The maximum atomic E-state index is 11.6. The van der Waals surface area contributed by atoms with Crippen molar-refractivity contribution in [2.24, 2.45) is 5.92 Å². The molecule has 0 heterocycles. The molecule has 0 unspecified atom stereocenters. The number of carbonyl (C=O) groups excluding carboxylic acids is 1. The Labute approximate surface area is 110 Å². The van der Waals surface area contributed by atoms with Gasteiger partial charge in [0, 0.05) is 5.56 Å². The third kappa shape index (κ3) is 3.62. The molecule has 1 aromatic rings. The average Bonchev–Trinajstić information content (AvgIpc) is 2.45. The maximum absolute atomic E-state index is 11.6. The molecule has 96 valence electrons. The second kappa shape index (κ2) is 6.62. The lowest BCUT2D eigenvalue weighted by molar-refractivity contribution is 0.101. The normalized spacial score (nSPS) is 16.4. The minimum atomic E-state index is 0.179. The van der Waals surface area contributed by atoms with Crippen LogP contribution in [-0.4, -0.2) is 20.2 Å². The Morgan fingerprint density at radius 3 is 2.78 bits per heavy atom. The molecule has 0 aliphatic heterocycles. The molecule has 0 atom stereocenters. The van der Waals surface area contributed by atoms with Gasteiger partial charge in [-0.25, -0.2) is 0 Å². The number of carbonyl (C=O) groups is 1. The van der Waals surface area contributed by atoms with Gasteiger partial charge in [-0.3, -0.25) is 4.79 Å². The summed E-state index contributed by atoms with van der Waals surface area (Å²) in [5, 5.41) is 0. The molecule has 1 fully saturated rings. The number of benzene rings is 1. The molecule has 18 heavy (non-hydrogen) atoms. The molecule has 0 saturated heterocycles. The van der Waals surface area contributed by atoms with Gasteiger partial charge in [-0.15, -0.1) is 0 Å². The van der Waals surface area contributed by atoms with Crippen molar-refractivity contribution in [1.82, 2.24) is 0 Å². The van der Waals surface area contributed by atoms with Crippen LogP contribution in [0.5, 0.6) is 5.75 Å². The van der Waals surface area contributed by atoms with Crippen LogP contribution in [0.2, 0.25) is 6.32 Å². The third-order valence-corrected chi connectivity index (χ3v) is 3.69. The molecule has 0 amide bonds. The van der Waals surface area contributed by atoms with E-state index in [1.54, 1.807) is 0 Å². The summed E-state index contributed by atoms with van der Waals surface area (Å²) >= 11 is 0. The fraction of sp³-hybridized carbons (Fsp3) is 0.533. The molecule has 2 nitrogen and oxygen atoms in total. The summed E-state index contributed by atoms with van der Waals surface area (Å²) in [6.07, 6.45) is 7.16. The second-order valence-electron chi connectivity index (χ2n) is 5.12. The molecule has 3 heteroatoms. The lowest BCUT2D eigenvalue weighted by Gasteiger charge is -2.21. The minimum absolute atomic E-state index is 0.179. The van der Waals surface area contributed by atoms with Crippen molar-refractivity contribution in [1.29, 1.82) is 0 Å². The van der Waals surface area contributed by atoms with Crippen LogP contribution in [0.15, 0.2) is 24.3 Å². The summed E-state index contributed by atoms with van der Waals surface area (Å²) in [6.45, 7) is 0.795. The van der Waals surface area contributed by atoms with E-state index in [9.17, 15) is 4.79 Å². The van der Waals surface area contributed by atoms with E-state index in [1.165, 1.54) is 32.1 Å². The quantitative estimate of drug-likeness (QED) is 0.588. The van der Waals surface area contributed by atoms with Crippen LogP contribution in [0.4, 0.5) is 0 Å². The number of ether oxygens (including phenoxy) is 1. The summed E-state index contributed by atoms with van der Waals surface area (Å²) in [4.78, 5) is 11.6. The zero-order chi connectivity index (χ0) is 12.8. The Morgan fingerprint density at radius 1 is 1.28 bits per heavy atom. The summed E-state index contributed by atoms with van der Waals surface area (Å²) in [7, 11) is 1.89. The van der Waals surface area contributed by atoms with Gasteiger partial charge in [0.15, 0.2) is 5.78 Å². The van der Waals surface area contributed by atoms with E-state index < -0.39 is 0 Å². The van der Waals surface area contributed by atoms with E-state index >= 15 is 0 Å². The van der Waals surface area contributed by atoms with Gasteiger partial charge in [-0.05, 0) is 37.2 Å². The Hall–Kier alpha value is -1.25. The van der Waals surface area contributed by atoms with Crippen molar-refractivity contribution in [3.63, 3.8) is 0 Å². The first-order valence-corrected chi connectivity index (χ1v) is 7.05. The number of ketones is 1. The molecule has 2 rings (SSSR count). The zero-order valence-corrected chi connectivity index (χ0v) is 11.2. The van der Waals surface area contributed by atoms with Crippen LogP contribution in [0, 0.1) is 5.92 Å². The molecular formula is C15H21BO2. The summed E-state index contributed by atoms with van der Waals surface area (Å²) in [6, 6.07) is 7.57. The summed E-state index contributed by atoms with van der Waals surface area (Å²) in [5.41, 5.74) is 0.763. The first-order chi connectivity index (χ1) is 8.79. The Balaban J connectivity index is 1.90. The Bertz CT molecular complexity index is 397. The average molecular weight is 244 g/mol. The Kier molecular flexibility index (Phi) is 4.86. The van der Waals surface area contributed by atoms with Crippen molar-refractivity contribution < 1.29 is 9.53 Å². The largest absolute Gasteiger partial charge is 0.493 e. The molecule has 0 aromatic heterocycles. The zero-order valence-electron chi connectivity index (χ0n) is 11.2. The highest BCUT2D eigenvalue weighted by Gasteiger charge is 2.14. The fourth-order valence-corrected chi connectivity index (χ4v) is 2.53. The van der Waals surface area contributed by atoms with E-state index in [1.807, 2.05) is 32.1 Å². The SMILES string of the molecule is BCC(=O)c1cccc(OCC2CCCCC2)c1. The molecular weight excluding hydrogens is 223 g/mol. The first-order valence-electron chi connectivity index (χ1n) is 7.05. The standard InChI is InChI=1S/C15H21BO2/c16-10-15(17)13-7-4-8-14(9-13)18-11-12-5-2-1-3-6-12/h4,7-9,12H,1-3,5-6,10-11,16H2. The molecule has 1 aliphatic rings. The molecule has 1 saturated carbocycles. The number of rotatable bonds is 5. The van der Waals surface area contributed by atoms with Crippen molar-refractivity contribution in [3.05, 3.63) is 29.8 Å². The van der Waals surface area contributed by atoms with E-state index in [-0.39, 0.29) is 5.78 Å². The first kappa shape index (κ1) is 13.2. The van der Waals surface area contributed by atoms with Crippen LogP contribution >= 0.6 is 0 Å². The van der Waals surface area contributed by atoms with Gasteiger partial charge in [0.2, 0.25) is 0 Å². The van der Waals surface area contributed by atoms with Crippen LogP contribution in [0.25, 0.3) is 0 Å². The lowest BCUT2D eigenvalue weighted by Crippen LogP contribution is -2.15. The van der Waals surface area contributed by atoms with Crippen LogP contribution in [-0.2, 0) is 0 Å². The summed E-state index contributed by atoms with van der Waals surface area (Å²) in [5.74, 6) is 1.71. The fourth-order valence-electron chi connectivity index (χ4n) is 2.53. The highest BCUT2D eigenvalue weighted by molar-refractivity contribution is 6.24. The second-order valence-corrected chi connectivity index (χ2v) is 5.12. The van der Waals surface area contributed by atoms with Crippen molar-refractivity contribution in [2.75, 3.05) is 6.61 Å². The van der Waals surface area contributed by atoms with Gasteiger partial charge in [-0.2, -0.15) is 0 Å². The minimum Gasteiger partial charge on any atom is -0.493 e. The number of Topliss-reactive ketones (excluding diaryl/α,β-unsaturated/α-hetero) is 1. The number of hydrogen-bond donors (Lipinski definition) is 0. The topological polar surface area (TPSA) is 26.3 Å². The predicted octanol–water partition coefficient (Wildman–Crippen LogP) is 2.88. The molecule has 1 aliphatic carbocycles. The molecule has 0 bridgehead atoms. The predicted molar refractivity (Wildman–Crippen MR) is 76.2 cm³/mol. The molecule has 0 spiro atoms. The van der Waals surface area contributed by atoms with Gasteiger partial charge in [0.1, 0.15) is 13.6 Å². The van der Waals surface area contributed by atoms with Crippen molar-refractivity contribution in [3.8, 4) is 5.75 Å². The van der Waals surface area contributed by atoms with Gasteiger partial charge in [0.05, 0.1) is 6.61 Å². The Morgan fingerprint density at radius 2 is 2.06 bits per heavy atom. The summed E-state index contributed by atoms with van der Waals surface area (Å²) < 4.78 is 5.83. The van der Waals surface area contributed by atoms with Gasteiger partial charge in [-0.1, -0.05) is 31.4 Å². The maximum Gasteiger partial charge on any atom is 0.155 e. The van der Waals surface area contributed by atoms with E-state index in [2.05, 4.69) is 0 Å². The highest BCUT2D eigenvalue weighted by Crippen LogP contribution is 2.25. The van der Waals surface area contributed by atoms with Crippen molar-refractivity contribution in [2.45, 2.75) is 38.4 Å².